The van der Waals surface area contributed by atoms with E-state index in [1.54, 1.807) is 0 Å². The van der Waals surface area contributed by atoms with E-state index in [9.17, 15) is 0 Å². The van der Waals surface area contributed by atoms with Crippen LogP contribution in [0, 0.1) is 11.8 Å². The van der Waals surface area contributed by atoms with Crippen LogP contribution >= 0.6 is 0 Å². The Morgan fingerprint density at radius 3 is 2.35 bits per heavy atom. The predicted octanol–water partition coefficient (Wildman–Crippen LogP) is 4.05. The lowest BCUT2D eigenvalue weighted by molar-refractivity contribution is 0.0358. The first-order valence-electron chi connectivity index (χ1n) is 9.16. The van der Waals surface area contributed by atoms with Gasteiger partial charge in [0, 0.05) is 31.2 Å². The minimum Gasteiger partial charge on any atom is -0.311 e. The molecule has 1 N–H and O–H groups in total. The van der Waals surface area contributed by atoms with Gasteiger partial charge in [-0.05, 0) is 37.5 Å². The molecule has 0 aromatic carbocycles. The lowest BCUT2D eigenvalue weighted by Crippen LogP contribution is -2.62. The van der Waals surface area contributed by atoms with Gasteiger partial charge in [-0.1, -0.05) is 47.0 Å². The minimum absolute atomic E-state index is 0.752. The summed E-state index contributed by atoms with van der Waals surface area (Å²) < 4.78 is 0. The molecule has 0 spiro atoms. The van der Waals surface area contributed by atoms with Crippen molar-refractivity contribution in [3.63, 3.8) is 0 Å². The minimum atomic E-state index is 0.752. The Morgan fingerprint density at radius 1 is 1.10 bits per heavy atom. The molecule has 2 nitrogen and oxygen atoms in total. The molecule has 0 aromatic rings. The zero-order valence-electron chi connectivity index (χ0n) is 14.2. The van der Waals surface area contributed by atoms with Gasteiger partial charge in [0.05, 0.1) is 0 Å². The van der Waals surface area contributed by atoms with Crippen LogP contribution in [0.15, 0.2) is 0 Å². The van der Waals surface area contributed by atoms with Crippen LogP contribution < -0.4 is 5.32 Å². The number of nitrogens with one attached hydrogen (secondary N) is 1. The molecule has 1 aliphatic carbocycles. The monoisotopic (exact) mass is 280 g/mol. The van der Waals surface area contributed by atoms with Crippen LogP contribution in [0.5, 0.6) is 0 Å². The highest BCUT2D eigenvalue weighted by Gasteiger charge is 2.35. The molecular weight excluding hydrogens is 244 g/mol. The Labute approximate surface area is 126 Å². The summed E-state index contributed by atoms with van der Waals surface area (Å²) in [6.07, 6.45) is 9.89. The second kappa shape index (κ2) is 7.79. The first-order chi connectivity index (χ1) is 9.67. The molecule has 2 aliphatic rings. The maximum absolute atomic E-state index is 3.90. The zero-order valence-corrected chi connectivity index (χ0v) is 14.2. The fraction of sp³-hybridized carbons (Fsp3) is 1.00. The molecule has 1 saturated carbocycles. The van der Waals surface area contributed by atoms with Crippen molar-refractivity contribution in [3.8, 4) is 0 Å². The first-order valence-corrected chi connectivity index (χ1v) is 9.16. The molecule has 0 aromatic heterocycles. The normalized spacial score (nSPS) is 31.6. The molecule has 3 unspecified atom stereocenters. The summed E-state index contributed by atoms with van der Waals surface area (Å²) >= 11 is 0. The second-order valence-corrected chi connectivity index (χ2v) is 7.39. The SMILES string of the molecule is CCC1CNC(C2CCCCC2)CN1C(CC)C(C)C. The van der Waals surface area contributed by atoms with E-state index in [1.165, 1.54) is 58.0 Å². The Hall–Kier alpha value is -0.0800. The van der Waals surface area contributed by atoms with Gasteiger partial charge in [0.2, 0.25) is 0 Å². The Bertz CT molecular complexity index is 271. The van der Waals surface area contributed by atoms with Gasteiger partial charge in [-0.25, -0.2) is 0 Å². The summed E-state index contributed by atoms with van der Waals surface area (Å²) in [4.78, 5) is 2.86. The van der Waals surface area contributed by atoms with Crippen molar-refractivity contribution in [3.05, 3.63) is 0 Å². The molecule has 1 aliphatic heterocycles. The van der Waals surface area contributed by atoms with E-state index in [2.05, 4.69) is 37.9 Å². The van der Waals surface area contributed by atoms with E-state index in [1.807, 2.05) is 0 Å². The van der Waals surface area contributed by atoms with Gasteiger partial charge in [-0.3, -0.25) is 4.90 Å². The maximum atomic E-state index is 3.90. The third-order valence-corrected chi connectivity index (χ3v) is 5.80. The summed E-state index contributed by atoms with van der Waals surface area (Å²) in [5, 5.41) is 3.90. The van der Waals surface area contributed by atoms with E-state index in [4.69, 9.17) is 0 Å². The third-order valence-electron chi connectivity index (χ3n) is 5.80. The van der Waals surface area contributed by atoms with Crippen molar-refractivity contribution in [1.82, 2.24) is 10.2 Å². The standard InChI is InChI=1S/C18H36N2/c1-5-16-12-19-17(15-10-8-7-9-11-15)13-20(16)18(6-2)14(3)4/h14-19H,5-13H2,1-4H3. The smallest absolute Gasteiger partial charge is 0.0224 e. The largest absolute Gasteiger partial charge is 0.311 e. The van der Waals surface area contributed by atoms with E-state index in [-0.39, 0.29) is 0 Å². The molecule has 3 atom stereocenters. The zero-order chi connectivity index (χ0) is 14.5. The summed E-state index contributed by atoms with van der Waals surface area (Å²) in [6.45, 7) is 12.0. The van der Waals surface area contributed by atoms with Gasteiger partial charge < -0.3 is 5.32 Å². The van der Waals surface area contributed by atoms with Crippen LogP contribution in [0.2, 0.25) is 0 Å². The summed E-state index contributed by atoms with van der Waals surface area (Å²) in [6, 6.07) is 2.28. The van der Waals surface area contributed by atoms with Crippen LogP contribution in [0.3, 0.4) is 0 Å². The average Bonchev–Trinajstić information content (AvgIpc) is 2.48. The highest BCUT2D eigenvalue weighted by molar-refractivity contribution is 4.93. The van der Waals surface area contributed by atoms with E-state index in [0.717, 1.165) is 30.0 Å². The van der Waals surface area contributed by atoms with Crippen molar-refractivity contribution in [1.29, 1.82) is 0 Å². The van der Waals surface area contributed by atoms with E-state index in [0.29, 0.717) is 0 Å². The predicted molar refractivity (Wildman–Crippen MR) is 88.1 cm³/mol. The maximum Gasteiger partial charge on any atom is 0.0224 e. The van der Waals surface area contributed by atoms with Crippen LogP contribution in [0.25, 0.3) is 0 Å². The summed E-state index contributed by atoms with van der Waals surface area (Å²) in [5.41, 5.74) is 0. The number of nitrogens with zero attached hydrogens (tertiary/aromatic N) is 1. The Morgan fingerprint density at radius 2 is 1.80 bits per heavy atom. The van der Waals surface area contributed by atoms with Gasteiger partial charge in [-0.15, -0.1) is 0 Å². The molecule has 2 rings (SSSR count). The van der Waals surface area contributed by atoms with Gasteiger partial charge in [0.25, 0.3) is 0 Å². The number of hydrogen-bond acceptors (Lipinski definition) is 2. The third kappa shape index (κ3) is 3.76. The molecule has 118 valence electrons. The number of piperazine rings is 1. The van der Waals surface area contributed by atoms with Crippen molar-refractivity contribution in [2.75, 3.05) is 13.1 Å². The van der Waals surface area contributed by atoms with Crippen LogP contribution in [0.1, 0.15) is 72.6 Å². The molecule has 0 bridgehead atoms. The molecule has 1 saturated heterocycles. The Balaban J connectivity index is 2.02. The van der Waals surface area contributed by atoms with Gasteiger partial charge in [0.15, 0.2) is 0 Å². The fourth-order valence-corrected chi connectivity index (χ4v) is 4.57. The summed E-state index contributed by atoms with van der Waals surface area (Å²) in [5.74, 6) is 1.72. The highest BCUT2D eigenvalue weighted by atomic mass is 15.3. The second-order valence-electron chi connectivity index (χ2n) is 7.39. The topological polar surface area (TPSA) is 15.3 Å². The lowest BCUT2D eigenvalue weighted by Gasteiger charge is -2.48. The average molecular weight is 280 g/mol. The molecule has 2 heteroatoms. The van der Waals surface area contributed by atoms with Crippen LogP contribution in [-0.2, 0) is 0 Å². The van der Waals surface area contributed by atoms with Gasteiger partial charge >= 0.3 is 0 Å². The van der Waals surface area contributed by atoms with Crippen molar-refractivity contribution < 1.29 is 0 Å². The fourth-order valence-electron chi connectivity index (χ4n) is 4.57. The van der Waals surface area contributed by atoms with Gasteiger partial charge in [-0.2, -0.15) is 0 Å². The van der Waals surface area contributed by atoms with Crippen LogP contribution in [0.4, 0.5) is 0 Å². The molecular formula is C18H36N2. The number of hydrogen-bond donors (Lipinski definition) is 1. The van der Waals surface area contributed by atoms with Crippen molar-refractivity contribution in [2.24, 2.45) is 11.8 Å². The van der Waals surface area contributed by atoms with E-state index >= 15 is 0 Å². The molecule has 2 fully saturated rings. The van der Waals surface area contributed by atoms with Crippen LogP contribution in [-0.4, -0.2) is 36.1 Å². The molecule has 0 amide bonds. The number of rotatable bonds is 5. The Kier molecular flexibility index (Phi) is 6.35. The first kappa shape index (κ1) is 16.3. The molecule has 1 heterocycles. The molecule has 0 radical (unpaired) electrons. The highest BCUT2D eigenvalue weighted by Crippen LogP contribution is 2.30. The quantitative estimate of drug-likeness (QED) is 0.817. The van der Waals surface area contributed by atoms with Crippen molar-refractivity contribution in [2.45, 2.75) is 90.8 Å². The summed E-state index contributed by atoms with van der Waals surface area (Å²) in [7, 11) is 0. The lowest BCUT2D eigenvalue weighted by atomic mass is 9.82. The van der Waals surface area contributed by atoms with Crippen molar-refractivity contribution >= 4 is 0 Å². The molecule has 20 heavy (non-hydrogen) atoms. The van der Waals surface area contributed by atoms with Gasteiger partial charge in [0.1, 0.15) is 0 Å². The van der Waals surface area contributed by atoms with E-state index < -0.39 is 0 Å².